The molecule has 15 N–H and O–H groups in total. The van der Waals surface area contributed by atoms with E-state index < -0.39 is 168 Å². The van der Waals surface area contributed by atoms with Gasteiger partial charge in [0, 0.05) is 31.2 Å². The summed E-state index contributed by atoms with van der Waals surface area (Å²) in [5, 5.41) is 152. The third-order valence-electron chi connectivity index (χ3n) is 15.2. The van der Waals surface area contributed by atoms with Crippen LogP contribution in [0.2, 0.25) is 0 Å². The third kappa shape index (κ3) is 20.3. The molecule has 77 heavy (non-hydrogen) atoms. The molecule has 4 saturated heterocycles. The molecule has 4 fully saturated rings. The highest BCUT2D eigenvalue weighted by atomic mass is 16.8. The van der Waals surface area contributed by atoms with Crippen molar-refractivity contribution in [3.63, 3.8) is 0 Å². The summed E-state index contributed by atoms with van der Waals surface area (Å²) in [6.45, 7) is -0.305. The maximum atomic E-state index is 13.7. The van der Waals surface area contributed by atoms with Crippen LogP contribution in [-0.4, -0.2) is 252 Å². The monoisotopic (exact) mass is 1120 g/mol. The fourth-order valence-corrected chi connectivity index (χ4v) is 10.1. The largest absolute Gasteiger partial charge is 0.394 e. The number of hydrogen-bond donors (Lipinski definition) is 15. The Bertz CT molecular complexity index is 1500. The van der Waals surface area contributed by atoms with E-state index in [4.69, 9.17) is 37.9 Å². The van der Waals surface area contributed by atoms with Crippen LogP contribution in [0.25, 0.3) is 0 Å². The second-order valence-electron chi connectivity index (χ2n) is 21.4. The Kier molecular flexibility index (Phi) is 31.1. The van der Waals surface area contributed by atoms with Gasteiger partial charge in [-0.15, -0.1) is 0 Å². The molecule has 20 atom stereocenters. The van der Waals surface area contributed by atoms with E-state index in [9.17, 15) is 81.1 Å². The lowest BCUT2D eigenvalue weighted by atomic mass is 9.83. The van der Waals surface area contributed by atoms with E-state index >= 15 is 0 Å². The van der Waals surface area contributed by atoms with Gasteiger partial charge in [0.2, 0.25) is 5.91 Å². The first kappa shape index (κ1) is 67.8. The average Bonchev–Trinajstić information content (AvgIpc) is 3.43. The first-order chi connectivity index (χ1) is 36.9. The average molecular weight is 1120 g/mol. The molecular formula is C52H95NO24. The van der Waals surface area contributed by atoms with Crippen LogP contribution in [-0.2, 0) is 47.5 Å². The predicted octanol–water partition coefficient (Wildman–Crippen LogP) is -2.22. The van der Waals surface area contributed by atoms with E-state index in [-0.39, 0.29) is 43.9 Å². The fourth-order valence-electron chi connectivity index (χ4n) is 10.1. The van der Waals surface area contributed by atoms with Gasteiger partial charge in [0.15, 0.2) is 25.2 Å². The number of amides is 1. The van der Waals surface area contributed by atoms with Crippen molar-refractivity contribution in [1.82, 2.24) is 5.32 Å². The zero-order chi connectivity index (χ0) is 56.7. The predicted molar refractivity (Wildman–Crippen MR) is 269 cm³/mol. The Morgan fingerprint density at radius 1 is 0.416 bits per heavy atom. The first-order valence-electron chi connectivity index (χ1n) is 28.1. The van der Waals surface area contributed by atoms with Gasteiger partial charge in [-0.25, -0.2) is 0 Å². The van der Waals surface area contributed by atoms with Crippen molar-refractivity contribution in [2.24, 2.45) is 5.41 Å². The summed E-state index contributed by atoms with van der Waals surface area (Å²) < 4.78 is 46.5. The number of rotatable bonds is 37. The number of hydrogen-bond acceptors (Lipinski definition) is 24. The Balaban J connectivity index is 1.58. The number of Topliss-reactive ketones (excluding diaryl/α,β-unsaturated/α-hetero) is 1. The zero-order valence-electron chi connectivity index (χ0n) is 45.0. The van der Waals surface area contributed by atoms with Gasteiger partial charge in [-0.3, -0.25) is 9.59 Å². The van der Waals surface area contributed by atoms with E-state index in [1.165, 1.54) is 0 Å². The van der Waals surface area contributed by atoms with Crippen molar-refractivity contribution < 1.29 is 119 Å². The van der Waals surface area contributed by atoms with E-state index in [1.54, 1.807) is 0 Å². The van der Waals surface area contributed by atoms with Crippen LogP contribution in [0.15, 0.2) is 0 Å². The van der Waals surface area contributed by atoms with Gasteiger partial charge in [-0.2, -0.15) is 0 Å². The molecule has 0 radical (unpaired) electrons. The molecule has 452 valence electrons. The number of carbonyl (C=O) groups excluding carboxylic acids is 2. The Labute approximate surface area is 451 Å². The number of ether oxygens (including phenoxy) is 8. The zero-order valence-corrected chi connectivity index (χ0v) is 45.0. The molecule has 4 heterocycles. The maximum Gasteiger partial charge on any atom is 0.220 e. The van der Waals surface area contributed by atoms with Crippen molar-refractivity contribution in [3.8, 4) is 0 Å². The van der Waals surface area contributed by atoms with Crippen molar-refractivity contribution in [2.45, 2.75) is 265 Å². The van der Waals surface area contributed by atoms with Gasteiger partial charge in [0.05, 0.1) is 39.6 Å². The summed E-state index contributed by atoms with van der Waals surface area (Å²) in [7, 11) is 0. The van der Waals surface area contributed by atoms with Crippen LogP contribution in [0.3, 0.4) is 0 Å². The summed E-state index contributed by atoms with van der Waals surface area (Å²) in [5.74, 6) is -0.470. The molecule has 4 aliphatic rings. The minimum Gasteiger partial charge on any atom is -0.394 e. The number of carbonyl (C=O) groups is 2. The minimum atomic E-state index is -1.96. The molecule has 0 aromatic heterocycles. The van der Waals surface area contributed by atoms with Crippen LogP contribution >= 0.6 is 0 Å². The molecule has 0 spiro atoms. The van der Waals surface area contributed by atoms with E-state index in [0.29, 0.717) is 12.8 Å². The molecule has 1 amide bonds. The van der Waals surface area contributed by atoms with Gasteiger partial charge in [-0.1, -0.05) is 104 Å². The highest BCUT2D eigenvalue weighted by Gasteiger charge is 2.53. The van der Waals surface area contributed by atoms with E-state index in [0.717, 1.165) is 89.9 Å². The number of unbranched alkanes of at least 4 members (excludes halogenated alkanes) is 14. The fraction of sp³-hybridized carbons (Fsp3) is 0.962. The normalized spacial score (nSPS) is 36.6. The van der Waals surface area contributed by atoms with Crippen molar-refractivity contribution >= 4 is 11.7 Å². The summed E-state index contributed by atoms with van der Waals surface area (Å²) in [6.07, 6.45) is -18.8. The van der Waals surface area contributed by atoms with E-state index in [2.05, 4.69) is 19.2 Å². The molecule has 25 nitrogen and oxygen atoms in total. The van der Waals surface area contributed by atoms with Crippen molar-refractivity contribution in [1.29, 1.82) is 0 Å². The molecule has 0 aromatic carbocycles. The molecule has 4 rings (SSSR count). The second-order valence-corrected chi connectivity index (χ2v) is 21.4. The Morgan fingerprint density at radius 3 is 1.16 bits per heavy atom. The summed E-state index contributed by atoms with van der Waals surface area (Å²) in [6, 6.07) is 0. The molecule has 0 aliphatic carbocycles. The van der Waals surface area contributed by atoms with Gasteiger partial charge in [0.25, 0.3) is 0 Å². The van der Waals surface area contributed by atoms with Crippen LogP contribution < -0.4 is 5.32 Å². The molecule has 25 heteroatoms. The molecule has 8 unspecified atom stereocenters. The summed E-state index contributed by atoms with van der Waals surface area (Å²) >= 11 is 0. The van der Waals surface area contributed by atoms with Gasteiger partial charge in [0.1, 0.15) is 103 Å². The molecule has 0 bridgehead atoms. The quantitative estimate of drug-likeness (QED) is 0.0293. The number of ketones is 1. The van der Waals surface area contributed by atoms with Gasteiger partial charge >= 0.3 is 0 Å². The second kappa shape index (κ2) is 35.3. The topological polar surface area (TPSA) is 403 Å². The molecule has 4 aliphatic heterocycles. The lowest BCUT2D eigenvalue weighted by molar-refractivity contribution is -0.365. The summed E-state index contributed by atoms with van der Waals surface area (Å²) in [4.78, 5) is 27.2. The van der Waals surface area contributed by atoms with Crippen LogP contribution in [0.5, 0.6) is 0 Å². The molecule has 0 saturated carbocycles. The lowest BCUT2D eigenvalue weighted by Crippen LogP contribution is -2.65. The van der Waals surface area contributed by atoms with Gasteiger partial charge < -0.3 is 115 Å². The number of aliphatic hydroxyl groups excluding tert-OH is 14. The maximum absolute atomic E-state index is 13.7. The smallest absolute Gasteiger partial charge is 0.220 e. The van der Waals surface area contributed by atoms with Gasteiger partial charge in [-0.05, 0) is 19.3 Å². The van der Waals surface area contributed by atoms with Crippen LogP contribution in [0.1, 0.15) is 142 Å². The lowest BCUT2D eigenvalue weighted by Gasteiger charge is -2.47. The first-order valence-corrected chi connectivity index (χ1v) is 28.1. The van der Waals surface area contributed by atoms with Crippen molar-refractivity contribution in [2.75, 3.05) is 46.2 Å². The molecule has 0 aromatic rings. The SMILES string of the molecule is CCCCCCCCCCC(=O)CCC(CNC(=O)CCCCCCCCCC)(CO[C@H]1OC(CO)[C@H](O[C@@H]2OC(CO)[C@H](O)C(O)[C@H]2O)C(O)[C@H]1O)CO[C@H]1OC(CO)[C@H](O[C@@H]2OC(CO)[C@H](O)C(O)[C@H]2O)C(O)[C@H]1O. The highest BCUT2D eigenvalue weighted by molar-refractivity contribution is 5.78. The van der Waals surface area contributed by atoms with Crippen LogP contribution in [0, 0.1) is 5.41 Å². The van der Waals surface area contributed by atoms with E-state index in [1.807, 2.05) is 0 Å². The molecular weight excluding hydrogens is 1020 g/mol. The van der Waals surface area contributed by atoms with Crippen LogP contribution in [0.4, 0.5) is 0 Å². The number of aliphatic hydroxyl groups is 14. The highest BCUT2D eigenvalue weighted by Crippen LogP contribution is 2.35. The summed E-state index contributed by atoms with van der Waals surface area (Å²) in [5.41, 5.74) is -1.47. The number of nitrogens with one attached hydrogen (secondary N) is 1. The third-order valence-corrected chi connectivity index (χ3v) is 15.2. The Hall–Kier alpha value is -1.74. The van der Waals surface area contributed by atoms with Crippen molar-refractivity contribution in [3.05, 3.63) is 0 Å². The standard InChI is InChI=1S/C52H95NO24/c1-3-5-7-9-11-13-15-17-19-30(58)21-22-52(27-53-35(59)20-18-16-14-12-10-8-6-4-2,28-70-48-44(68)40(64)46(33(25-56)74-48)76-50-42(66)38(62)36(60)31(23-54)72-50)29-71-49-45(69)41(65)47(34(26-57)75-49)77-51-43(67)39(63)37(61)32(24-55)73-51/h31-34,36-51,54-57,60-69H,3-29H2,1-2H3,(H,53,59)/t31?,32?,33?,34?,36-,37-,38?,39?,40?,41?,42+,43+,44+,45+,46-,47-,48-,49-,50-,51-,52?/m0/s1. The Morgan fingerprint density at radius 2 is 0.766 bits per heavy atom. The minimum absolute atomic E-state index is 0.0593.